The van der Waals surface area contributed by atoms with E-state index in [1.165, 1.54) is 7.11 Å². The molecule has 0 unspecified atom stereocenters. The standard InChI is InChI=1S/C20H20ClNO5/c1-4-5-14-8-13(9-18(26-3)20(14)27-12-19(23)24)11-22-16-10-15(21)6-7-17(16)25-2/h4,6-11H,1,5,12H2,2-3H3,(H,23,24). The summed E-state index contributed by atoms with van der Waals surface area (Å²) in [5.74, 6) is 0.308. The van der Waals surface area contributed by atoms with Gasteiger partial charge in [0.25, 0.3) is 0 Å². The molecule has 0 aliphatic rings. The average molecular weight is 390 g/mol. The van der Waals surface area contributed by atoms with Crippen molar-refractivity contribution in [2.75, 3.05) is 20.8 Å². The molecule has 7 heteroatoms. The largest absolute Gasteiger partial charge is 0.494 e. The molecule has 0 aromatic heterocycles. The minimum atomic E-state index is -1.07. The van der Waals surface area contributed by atoms with Gasteiger partial charge in [0.2, 0.25) is 0 Å². The van der Waals surface area contributed by atoms with Gasteiger partial charge in [-0.15, -0.1) is 6.58 Å². The van der Waals surface area contributed by atoms with Gasteiger partial charge in [-0.3, -0.25) is 4.99 Å². The van der Waals surface area contributed by atoms with Gasteiger partial charge in [-0.2, -0.15) is 0 Å². The Morgan fingerprint density at radius 1 is 1.22 bits per heavy atom. The fraction of sp³-hybridized carbons (Fsp3) is 0.200. The molecule has 142 valence electrons. The normalized spacial score (nSPS) is 10.6. The predicted octanol–water partition coefficient (Wildman–Crippen LogP) is 4.30. The van der Waals surface area contributed by atoms with Crippen molar-refractivity contribution in [3.05, 3.63) is 59.1 Å². The molecule has 0 fully saturated rings. The topological polar surface area (TPSA) is 77.3 Å². The number of allylic oxidation sites excluding steroid dienone is 1. The third-order valence-corrected chi connectivity index (χ3v) is 3.81. The number of halogens is 1. The number of carbonyl (C=O) groups is 1. The Bertz CT molecular complexity index is 864. The molecule has 1 N–H and O–H groups in total. The summed E-state index contributed by atoms with van der Waals surface area (Å²) >= 11 is 6.03. The Hall–Kier alpha value is -2.99. The van der Waals surface area contributed by atoms with Crippen LogP contribution in [0.3, 0.4) is 0 Å². The minimum absolute atomic E-state index is 0.372. The van der Waals surface area contributed by atoms with Gasteiger partial charge in [0, 0.05) is 16.8 Å². The van der Waals surface area contributed by atoms with Crippen LogP contribution >= 0.6 is 11.6 Å². The first-order valence-corrected chi connectivity index (χ1v) is 8.40. The van der Waals surface area contributed by atoms with Crippen LogP contribution in [-0.2, 0) is 11.2 Å². The summed E-state index contributed by atoms with van der Waals surface area (Å²) in [6, 6.07) is 8.70. The zero-order valence-corrected chi connectivity index (χ0v) is 15.8. The van der Waals surface area contributed by atoms with Crippen molar-refractivity contribution in [3.8, 4) is 17.2 Å². The van der Waals surface area contributed by atoms with Crippen LogP contribution in [0.4, 0.5) is 5.69 Å². The SMILES string of the molecule is C=CCc1cc(C=Nc2cc(Cl)ccc2OC)cc(OC)c1OCC(=O)O. The maximum absolute atomic E-state index is 10.8. The average Bonchev–Trinajstić information content (AvgIpc) is 2.65. The quantitative estimate of drug-likeness (QED) is 0.511. The number of carboxylic acid groups (broad SMARTS) is 1. The molecule has 2 aromatic carbocycles. The summed E-state index contributed by atoms with van der Waals surface area (Å²) in [7, 11) is 3.05. The van der Waals surface area contributed by atoms with Crippen molar-refractivity contribution in [1.29, 1.82) is 0 Å². The maximum Gasteiger partial charge on any atom is 0.341 e. The number of hydrogen-bond donors (Lipinski definition) is 1. The molecule has 0 amide bonds. The van der Waals surface area contributed by atoms with Crippen LogP contribution < -0.4 is 14.2 Å². The molecule has 0 bridgehead atoms. The Morgan fingerprint density at radius 2 is 1.96 bits per heavy atom. The fourth-order valence-corrected chi connectivity index (χ4v) is 2.59. The second kappa shape index (κ2) is 9.64. The molecule has 6 nitrogen and oxygen atoms in total. The van der Waals surface area contributed by atoms with Crippen LogP contribution in [0.5, 0.6) is 17.2 Å². The third kappa shape index (κ3) is 5.49. The van der Waals surface area contributed by atoms with Crippen molar-refractivity contribution < 1.29 is 24.1 Å². The zero-order chi connectivity index (χ0) is 19.8. The van der Waals surface area contributed by atoms with Gasteiger partial charge in [-0.25, -0.2) is 4.79 Å². The van der Waals surface area contributed by atoms with Crippen molar-refractivity contribution in [1.82, 2.24) is 0 Å². The van der Waals surface area contributed by atoms with Gasteiger partial charge in [-0.1, -0.05) is 17.7 Å². The molecule has 0 heterocycles. The summed E-state index contributed by atoms with van der Waals surface area (Å²) in [5, 5.41) is 9.41. The highest BCUT2D eigenvalue weighted by Crippen LogP contribution is 2.34. The summed E-state index contributed by atoms with van der Waals surface area (Å²) in [6.07, 6.45) is 3.82. The third-order valence-electron chi connectivity index (χ3n) is 3.57. The number of carboxylic acids is 1. The van der Waals surface area contributed by atoms with Crippen LogP contribution in [0, 0.1) is 0 Å². The van der Waals surface area contributed by atoms with Gasteiger partial charge in [0.15, 0.2) is 18.1 Å². The number of nitrogens with zero attached hydrogens (tertiary/aromatic N) is 1. The molecular weight excluding hydrogens is 370 g/mol. The zero-order valence-electron chi connectivity index (χ0n) is 15.1. The number of benzene rings is 2. The summed E-state index contributed by atoms with van der Waals surface area (Å²) in [4.78, 5) is 15.3. The number of aliphatic carboxylic acids is 1. The smallest absolute Gasteiger partial charge is 0.341 e. The van der Waals surface area contributed by atoms with Crippen molar-refractivity contribution in [3.63, 3.8) is 0 Å². The van der Waals surface area contributed by atoms with E-state index in [0.717, 1.165) is 11.1 Å². The van der Waals surface area contributed by atoms with Crippen LogP contribution in [0.15, 0.2) is 48.0 Å². The van der Waals surface area contributed by atoms with Gasteiger partial charge in [0.05, 0.1) is 14.2 Å². The van der Waals surface area contributed by atoms with Gasteiger partial charge >= 0.3 is 5.97 Å². The van der Waals surface area contributed by atoms with Crippen LogP contribution in [0.25, 0.3) is 0 Å². The molecule has 0 saturated heterocycles. The summed E-state index contributed by atoms with van der Waals surface area (Å²) in [6.45, 7) is 3.26. The number of hydrogen-bond acceptors (Lipinski definition) is 5. The van der Waals surface area contributed by atoms with E-state index >= 15 is 0 Å². The lowest BCUT2D eigenvalue weighted by Gasteiger charge is -2.14. The van der Waals surface area contributed by atoms with Crippen LogP contribution in [0.2, 0.25) is 5.02 Å². The van der Waals surface area contributed by atoms with E-state index in [4.69, 9.17) is 30.9 Å². The van der Waals surface area contributed by atoms with E-state index in [1.54, 1.807) is 43.7 Å². The molecule has 0 spiro atoms. The highest BCUT2D eigenvalue weighted by molar-refractivity contribution is 6.30. The first-order chi connectivity index (χ1) is 13.0. The first kappa shape index (κ1) is 20.3. The lowest BCUT2D eigenvalue weighted by molar-refractivity contribution is -0.139. The van der Waals surface area contributed by atoms with Crippen molar-refractivity contribution >= 4 is 29.5 Å². The number of ether oxygens (including phenoxy) is 3. The van der Waals surface area contributed by atoms with E-state index in [2.05, 4.69) is 11.6 Å². The lowest BCUT2D eigenvalue weighted by Crippen LogP contribution is -2.11. The van der Waals surface area contributed by atoms with E-state index in [0.29, 0.717) is 34.4 Å². The van der Waals surface area contributed by atoms with Gasteiger partial charge < -0.3 is 19.3 Å². The fourth-order valence-electron chi connectivity index (χ4n) is 2.42. The van der Waals surface area contributed by atoms with E-state index in [-0.39, 0.29) is 0 Å². The molecule has 0 aliphatic heterocycles. The Kier molecular flexibility index (Phi) is 7.25. The van der Waals surface area contributed by atoms with Crippen molar-refractivity contribution in [2.45, 2.75) is 6.42 Å². The van der Waals surface area contributed by atoms with Gasteiger partial charge in [-0.05, 0) is 42.3 Å². The second-order valence-corrected chi connectivity index (χ2v) is 5.90. The Morgan fingerprint density at radius 3 is 2.59 bits per heavy atom. The molecule has 2 rings (SSSR count). The van der Waals surface area contributed by atoms with Crippen LogP contribution in [0.1, 0.15) is 11.1 Å². The first-order valence-electron chi connectivity index (χ1n) is 8.02. The Balaban J connectivity index is 2.42. The van der Waals surface area contributed by atoms with Crippen LogP contribution in [-0.4, -0.2) is 38.1 Å². The van der Waals surface area contributed by atoms with E-state index in [9.17, 15) is 4.79 Å². The molecule has 2 aromatic rings. The molecule has 0 saturated carbocycles. The molecular formula is C20H20ClNO5. The highest BCUT2D eigenvalue weighted by Gasteiger charge is 2.14. The highest BCUT2D eigenvalue weighted by atomic mass is 35.5. The maximum atomic E-state index is 10.8. The molecule has 0 radical (unpaired) electrons. The minimum Gasteiger partial charge on any atom is -0.494 e. The molecule has 0 atom stereocenters. The number of methoxy groups -OCH3 is 2. The molecule has 0 aliphatic carbocycles. The Labute approximate surface area is 162 Å². The van der Waals surface area contributed by atoms with Crippen molar-refractivity contribution in [2.24, 2.45) is 4.99 Å². The molecule has 27 heavy (non-hydrogen) atoms. The number of aliphatic imine (C=N–C) groups is 1. The van der Waals surface area contributed by atoms with E-state index in [1.807, 2.05) is 6.07 Å². The number of rotatable bonds is 9. The summed E-state index contributed by atoms with van der Waals surface area (Å²) < 4.78 is 16.0. The lowest BCUT2D eigenvalue weighted by atomic mass is 10.1. The monoisotopic (exact) mass is 389 g/mol. The van der Waals surface area contributed by atoms with Gasteiger partial charge in [0.1, 0.15) is 11.4 Å². The van der Waals surface area contributed by atoms with E-state index < -0.39 is 12.6 Å². The second-order valence-electron chi connectivity index (χ2n) is 5.46. The summed E-state index contributed by atoms with van der Waals surface area (Å²) in [5.41, 5.74) is 2.07. The predicted molar refractivity (Wildman–Crippen MR) is 105 cm³/mol.